The van der Waals surface area contributed by atoms with Crippen LogP contribution in [-0.4, -0.2) is 28.2 Å². The lowest BCUT2D eigenvalue weighted by molar-refractivity contribution is 0.583. The number of hydrogen-bond donors (Lipinski definition) is 1. The van der Waals surface area contributed by atoms with Crippen LogP contribution in [0.4, 0.5) is 11.5 Å². The van der Waals surface area contributed by atoms with E-state index in [0.717, 1.165) is 12.2 Å². The average molecular weight is 376 g/mol. The van der Waals surface area contributed by atoms with Gasteiger partial charge in [0.05, 0.1) is 0 Å². The molecule has 0 amide bonds. The van der Waals surface area contributed by atoms with Gasteiger partial charge in [0.15, 0.2) is 0 Å². The fourth-order valence-corrected chi connectivity index (χ4v) is 3.14. The van der Waals surface area contributed by atoms with E-state index >= 15 is 0 Å². The number of rotatable bonds is 3. The van der Waals surface area contributed by atoms with Crippen LogP contribution in [0.25, 0.3) is 0 Å². The summed E-state index contributed by atoms with van der Waals surface area (Å²) in [5.41, 5.74) is 0.209. The zero-order valence-corrected chi connectivity index (χ0v) is 15.8. The molecule has 2 aromatic rings. The summed E-state index contributed by atoms with van der Waals surface area (Å²) in [6.07, 6.45) is 0. The van der Waals surface area contributed by atoms with E-state index in [1.165, 1.54) is 15.2 Å². The van der Waals surface area contributed by atoms with Crippen molar-refractivity contribution in [3.63, 3.8) is 0 Å². The maximum Gasteiger partial charge on any atom is 0.332 e. The molecule has 2 heterocycles. The molecular weight excluding hydrogens is 354 g/mol. The first kappa shape index (κ1) is 18.3. The lowest BCUT2D eigenvalue weighted by Gasteiger charge is -2.33. The van der Waals surface area contributed by atoms with Gasteiger partial charge in [-0.05, 0) is 31.0 Å². The topological polar surface area (TPSA) is 71.6 Å². The molecule has 7 nitrogen and oxygen atoms in total. The zero-order valence-electron chi connectivity index (χ0n) is 15.1. The molecule has 3 rings (SSSR count). The first-order valence-electron chi connectivity index (χ1n) is 8.56. The van der Waals surface area contributed by atoms with Gasteiger partial charge < -0.3 is 10.2 Å². The van der Waals surface area contributed by atoms with Gasteiger partial charge in [-0.25, -0.2) is 4.79 Å². The van der Waals surface area contributed by atoms with E-state index in [9.17, 15) is 9.59 Å². The minimum atomic E-state index is -0.360. The van der Waals surface area contributed by atoms with Gasteiger partial charge in [-0.1, -0.05) is 24.6 Å². The molecule has 1 aromatic heterocycles. The highest BCUT2D eigenvalue weighted by atomic mass is 35.5. The van der Waals surface area contributed by atoms with Crippen molar-refractivity contribution in [1.29, 1.82) is 0 Å². The molecule has 0 spiro atoms. The molecule has 1 aromatic carbocycles. The van der Waals surface area contributed by atoms with Crippen molar-refractivity contribution in [2.45, 2.75) is 20.4 Å². The Kier molecular flexibility index (Phi) is 5.18. The summed E-state index contributed by atoms with van der Waals surface area (Å²) >= 11 is 6.13. The van der Waals surface area contributed by atoms with Crippen molar-refractivity contribution in [3.05, 3.63) is 56.2 Å². The second-order valence-corrected chi connectivity index (χ2v) is 6.88. The van der Waals surface area contributed by atoms with E-state index in [1.807, 2.05) is 29.2 Å². The molecule has 0 saturated carbocycles. The highest BCUT2D eigenvalue weighted by molar-refractivity contribution is 6.31. The first-order chi connectivity index (χ1) is 12.4. The van der Waals surface area contributed by atoms with Crippen LogP contribution in [-0.2, 0) is 13.6 Å². The van der Waals surface area contributed by atoms with E-state index in [1.54, 1.807) is 14.0 Å². The molecule has 0 fully saturated rings. The number of anilines is 2. The highest BCUT2D eigenvalue weighted by Crippen LogP contribution is 2.23. The molecule has 1 N–H and O–H groups in total. The Hall–Kier alpha value is -2.54. The van der Waals surface area contributed by atoms with Gasteiger partial charge >= 0.3 is 5.69 Å². The van der Waals surface area contributed by atoms with Crippen LogP contribution in [0.3, 0.4) is 0 Å². The molecule has 0 aliphatic carbocycles. The minimum Gasteiger partial charge on any atom is -0.312 e. The standard InChI is InChI=1S/C18H22ClN5O2/c1-4-23-16(25)9-15(22(3)18(23)26)21-17-20-10-12(2)11-24(17)14-7-5-6-13(19)8-14/h5-9,12H,4,10-11H2,1-3H3,(H,20,21)/t12-/m1/s1. The molecule has 1 aliphatic rings. The number of nitrogens with zero attached hydrogens (tertiary/aromatic N) is 4. The predicted octanol–water partition coefficient (Wildman–Crippen LogP) is 2.14. The Bertz CT molecular complexity index is 963. The number of halogens is 1. The Balaban J connectivity index is 2.00. The lowest BCUT2D eigenvalue weighted by Crippen LogP contribution is -2.46. The Morgan fingerprint density at radius 3 is 2.77 bits per heavy atom. The van der Waals surface area contributed by atoms with Crippen LogP contribution in [0, 0.1) is 5.92 Å². The van der Waals surface area contributed by atoms with Gasteiger partial charge in [-0.15, -0.1) is 0 Å². The third-order valence-corrected chi connectivity index (χ3v) is 4.62. The Morgan fingerprint density at radius 2 is 2.08 bits per heavy atom. The van der Waals surface area contributed by atoms with Gasteiger partial charge in [0.25, 0.3) is 5.56 Å². The van der Waals surface area contributed by atoms with E-state index in [2.05, 4.69) is 17.2 Å². The van der Waals surface area contributed by atoms with Crippen molar-refractivity contribution in [3.8, 4) is 0 Å². The van der Waals surface area contributed by atoms with E-state index in [4.69, 9.17) is 11.6 Å². The average Bonchev–Trinajstić information content (AvgIpc) is 2.61. The molecule has 0 bridgehead atoms. The number of aromatic nitrogens is 2. The summed E-state index contributed by atoms with van der Waals surface area (Å²) < 4.78 is 2.60. The van der Waals surface area contributed by atoms with Crippen LogP contribution in [0.1, 0.15) is 13.8 Å². The van der Waals surface area contributed by atoms with Crippen LogP contribution in [0.15, 0.2) is 44.9 Å². The number of nitrogens with one attached hydrogen (secondary N) is 1. The van der Waals surface area contributed by atoms with Crippen LogP contribution < -0.4 is 21.5 Å². The molecule has 26 heavy (non-hydrogen) atoms. The fourth-order valence-electron chi connectivity index (χ4n) is 2.96. The summed E-state index contributed by atoms with van der Waals surface area (Å²) in [6.45, 7) is 5.64. The summed E-state index contributed by atoms with van der Waals surface area (Å²) in [6, 6.07) is 8.94. The summed E-state index contributed by atoms with van der Waals surface area (Å²) in [4.78, 5) is 31.1. The molecule has 138 valence electrons. The smallest absolute Gasteiger partial charge is 0.312 e. The number of guanidine groups is 1. The van der Waals surface area contributed by atoms with E-state index in [0.29, 0.717) is 35.8 Å². The molecule has 1 atom stereocenters. The maximum atomic E-state index is 12.3. The highest BCUT2D eigenvalue weighted by Gasteiger charge is 2.23. The SMILES string of the molecule is CCn1c(=O)cc(NC2=NC[C@@H](C)CN2c2cccc(Cl)c2)n(C)c1=O. The van der Waals surface area contributed by atoms with Crippen LogP contribution in [0.5, 0.6) is 0 Å². The lowest BCUT2D eigenvalue weighted by atomic mass is 10.1. The summed E-state index contributed by atoms with van der Waals surface area (Å²) in [5, 5.41) is 3.79. The summed E-state index contributed by atoms with van der Waals surface area (Å²) in [5.74, 6) is 1.37. The van der Waals surface area contributed by atoms with E-state index in [-0.39, 0.29) is 11.2 Å². The van der Waals surface area contributed by atoms with Gasteiger partial charge in [0, 0.05) is 43.5 Å². The van der Waals surface area contributed by atoms with Gasteiger partial charge in [-0.2, -0.15) is 0 Å². The normalized spacial score (nSPS) is 17.2. The molecule has 0 unspecified atom stereocenters. The minimum absolute atomic E-state index is 0.332. The maximum absolute atomic E-state index is 12.3. The zero-order chi connectivity index (χ0) is 18.8. The van der Waals surface area contributed by atoms with Crippen LogP contribution in [0.2, 0.25) is 5.02 Å². The quantitative estimate of drug-likeness (QED) is 0.892. The molecule has 0 radical (unpaired) electrons. The molecular formula is C18H22ClN5O2. The first-order valence-corrected chi connectivity index (χ1v) is 8.94. The van der Waals surface area contributed by atoms with Crippen molar-refractivity contribution >= 4 is 29.1 Å². The number of aliphatic imine (C=N–C) groups is 1. The van der Waals surface area contributed by atoms with Crippen molar-refractivity contribution in [2.24, 2.45) is 18.0 Å². The van der Waals surface area contributed by atoms with E-state index < -0.39 is 0 Å². The number of hydrogen-bond acceptors (Lipinski definition) is 5. The second-order valence-electron chi connectivity index (χ2n) is 6.44. The Labute approximate surface area is 156 Å². The summed E-state index contributed by atoms with van der Waals surface area (Å²) in [7, 11) is 1.63. The van der Waals surface area contributed by atoms with Crippen molar-refractivity contribution in [1.82, 2.24) is 9.13 Å². The van der Waals surface area contributed by atoms with Gasteiger partial charge in [0.2, 0.25) is 5.96 Å². The molecule has 1 aliphatic heterocycles. The predicted molar refractivity (Wildman–Crippen MR) is 106 cm³/mol. The fraction of sp³-hybridized carbons (Fsp3) is 0.389. The van der Waals surface area contributed by atoms with Crippen LogP contribution >= 0.6 is 11.6 Å². The number of benzene rings is 1. The van der Waals surface area contributed by atoms with Gasteiger partial charge in [-0.3, -0.25) is 18.9 Å². The Morgan fingerprint density at radius 1 is 1.31 bits per heavy atom. The van der Waals surface area contributed by atoms with Crippen molar-refractivity contribution in [2.75, 3.05) is 23.3 Å². The third kappa shape index (κ3) is 3.53. The monoisotopic (exact) mass is 375 g/mol. The molecule has 8 heteroatoms. The third-order valence-electron chi connectivity index (χ3n) is 4.38. The molecule has 0 saturated heterocycles. The van der Waals surface area contributed by atoms with Crippen molar-refractivity contribution < 1.29 is 0 Å². The van der Waals surface area contributed by atoms with Gasteiger partial charge in [0.1, 0.15) is 5.82 Å². The largest absolute Gasteiger partial charge is 0.332 e. The second kappa shape index (κ2) is 7.37.